The van der Waals surface area contributed by atoms with E-state index in [9.17, 15) is 18.0 Å². The highest BCUT2D eigenvalue weighted by molar-refractivity contribution is 7.92. The van der Waals surface area contributed by atoms with E-state index >= 15 is 0 Å². The van der Waals surface area contributed by atoms with Gasteiger partial charge in [0.25, 0.3) is 15.9 Å². The molecule has 11 heteroatoms. The lowest BCUT2D eigenvalue weighted by atomic mass is 10.2. The van der Waals surface area contributed by atoms with E-state index in [1.165, 1.54) is 54.7 Å². The van der Waals surface area contributed by atoms with Gasteiger partial charge in [-0.25, -0.2) is 18.6 Å². The molecule has 0 aliphatic carbocycles. The Kier molecular flexibility index (Phi) is 8.65. The van der Waals surface area contributed by atoms with E-state index in [1.54, 1.807) is 42.5 Å². The fraction of sp³-hybridized carbons (Fsp3) is 0.0357. The number of ether oxygens (including phenoxy) is 1. The highest BCUT2D eigenvalue weighted by Gasteiger charge is 2.15. The fourth-order valence-corrected chi connectivity index (χ4v) is 4.83. The van der Waals surface area contributed by atoms with Crippen LogP contribution in [0.5, 0.6) is 5.75 Å². The van der Waals surface area contributed by atoms with Gasteiger partial charge in [-0.05, 0) is 91.3 Å². The largest absolute Gasteiger partial charge is 0.423 e. The molecule has 0 aliphatic heterocycles. The lowest BCUT2D eigenvalue weighted by molar-refractivity contribution is 0.0734. The Bertz CT molecular complexity index is 1640. The second-order valence-corrected chi connectivity index (χ2v) is 10.8. The molecule has 39 heavy (non-hydrogen) atoms. The zero-order valence-corrected chi connectivity index (χ0v) is 22.7. The summed E-state index contributed by atoms with van der Waals surface area (Å²) < 4.78 is 32.9. The Hall–Kier alpha value is -4.18. The molecule has 0 aromatic heterocycles. The first-order valence-corrected chi connectivity index (χ1v) is 13.6. The molecule has 0 bridgehead atoms. The first-order valence-electron chi connectivity index (χ1n) is 11.4. The molecule has 0 fully saturated rings. The maximum atomic E-state index is 12.5. The Balaban J connectivity index is 1.31. The van der Waals surface area contributed by atoms with E-state index in [-0.39, 0.29) is 21.0 Å². The summed E-state index contributed by atoms with van der Waals surface area (Å²) in [6, 6.07) is 23.3. The molecule has 0 spiro atoms. The number of nitrogens with one attached hydrogen (secondary N) is 2. The van der Waals surface area contributed by atoms with Gasteiger partial charge in [-0.15, -0.1) is 0 Å². The average molecular weight is 582 g/mol. The number of esters is 1. The topological polar surface area (TPSA) is 114 Å². The number of benzene rings is 4. The van der Waals surface area contributed by atoms with Crippen molar-refractivity contribution in [1.82, 2.24) is 5.43 Å². The van der Waals surface area contributed by atoms with Gasteiger partial charge >= 0.3 is 5.97 Å². The van der Waals surface area contributed by atoms with Crippen LogP contribution in [0.1, 0.15) is 31.8 Å². The number of hydrazone groups is 1. The van der Waals surface area contributed by atoms with E-state index in [0.29, 0.717) is 22.0 Å². The predicted octanol–water partition coefficient (Wildman–Crippen LogP) is 6.09. The summed E-state index contributed by atoms with van der Waals surface area (Å²) in [5.74, 6) is -0.811. The van der Waals surface area contributed by atoms with Crippen molar-refractivity contribution >= 4 is 57.0 Å². The Morgan fingerprint density at radius 1 is 0.872 bits per heavy atom. The van der Waals surface area contributed by atoms with Crippen molar-refractivity contribution in [3.05, 3.63) is 123 Å². The highest BCUT2D eigenvalue weighted by atomic mass is 35.5. The molecule has 8 nitrogen and oxygen atoms in total. The van der Waals surface area contributed by atoms with Gasteiger partial charge in [0.1, 0.15) is 5.75 Å². The standard InChI is InChI=1S/C28H21Cl2N3O5S/c1-18-2-13-24(14-3-18)39(36,37)33-22-9-6-20(7-10-22)27(34)32-31-17-19-4-11-23(12-5-19)38-28(35)25-15-8-21(29)16-26(25)30/h2-17,33H,1H3,(H,32,34). The molecule has 0 atom stereocenters. The van der Waals surface area contributed by atoms with Crippen LogP contribution in [0.4, 0.5) is 5.69 Å². The van der Waals surface area contributed by atoms with E-state index in [0.717, 1.165) is 5.56 Å². The zero-order valence-electron chi connectivity index (χ0n) is 20.4. The van der Waals surface area contributed by atoms with Crippen LogP contribution >= 0.6 is 23.2 Å². The summed E-state index contributed by atoms with van der Waals surface area (Å²) in [6.45, 7) is 1.87. The summed E-state index contributed by atoms with van der Waals surface area (Å²) in [5.41, 5.74) is 4.78. The Morgan fingerprint density at radius 2 is 1.54 bits per heavy atom. The number of carbonyl (C=O) groups excluding carboxylic acids is 2. The molecule has 4 aromatic carbocycles. The number of rotatable bonds is 8. The molecule has 0 radical (unpaired) electrons. The van der Waals surface area contributed by atoms with Crippen molar-refractivity contribution in [3.8, 4) is 5.75 Å². The summed E-state index contributed by atoms with van der Waals surface area (Å²) in [6.07, 6.45) is 1.42. The number of hydrogen-bond donors (Lipinski definition) is 2. The number of aryl methyl sites for hydroxylation is 1. The van der Waals surface area contributed by atoms with Gasteiger partial charge < -0.3 is 4.74 Å². The molecule has 0 unspecified atom stereocenters. The van der Waals surface area contributed by atoms with Gasteiger partial charge in [0.15, 0.2) is 0 Å². The number of sulfonamides is 1. The SMILES string of the molecule is Cc1ccc(S(=O)(=O)Nc2ccc(C(=O)NN=Cc3ccc(OC(=O)c4ccc(Cl)cc4Cl)cc3)cc2)cc1. The molecule has 0 aliphatic rings. The van der Waals surface area contributed by atoms with E-state index in [4.69, 9.17) is 27.9 Å². The van der Waals surface area contributed by atoms with Gasteiger partial charge in [-0.2, -0.15) is 5.10 Å². The van der Waals surface area contributed by atoms with Crippen LogP contribution in [0.15, 0.2) is 101 Å². The molecular formula is C28H21Cl2N3O5S. The first-order chi connectivity index (χ1) is 18.6. The summed E-state index contributed by atoms with van der Waals surface area (Å²) in [4.78, 5) is 24.9. The molecule has 4 aromatic rings. The maximum Gasteiger partial charge on any atom is 0.345 e. The molecule has 2 N–H and O–H groups in total. The lowest BCUT2D eigenvalue weighted by Gasteiger charge is -2.09. The normalized spacial score (nSPS) is 11.3. The third kappa shape index (κ3) is 7.44. The van der Waals surface area contributed by atoms with Crippen molar-refractivity contribution in [3.63, 3.8) is 0 Å². The fourth-order valence-electron chi connectivity index (χ4n) is 3.29. The number of hydrogen-bond acceptors (Lipinski definition) is 6. The molecule has 1 amide bonds. The molecule has 0 heterocycles. The van der Waals surface area contributed by atoms with Crippen LogP contribution in [0.25, 0.3) is 0 Å². The molecule has 0 saturated heterocycles. The Labute approximate surface area is 235 Å². The predicted molar refractivity (Wildman–Crippen MR) is 151 cm³/mol. The van der Waals surface area contributed by atoms with Crippen LogP contribution in [0, 0.1) is 6.92 Å². The first kappa shape index (κ1) is 27.8. The zero-order chi connectivity index (χ0) is 28.0. The van der Waals surface area contributed by atoms with E-state index < -0.39 is 21.9 Å². The van der Waals surface area contributed by atoms with Gasteiger partial charge in [0.2, 0.25) is 0 Å². The number of carbonyl (C=O) groups is 2. The number of anilines is 1. The van der Waals surface area contributed by atoms with Crippen molar-refractivity contribution < 1.29 is 22.7 Å². The lowest BCUT2D eigenvalue weighted by Crippen LogP contribution is -2.18. The summed E-state index contributed by atoms with van der Waals surface area (Å²) in [5, 5.41) is 4.52. The number of halogens is 2. The molecule has 198 valence electrons. The third-order valence-corrected chi connectivity index (χ3v) is 7.30. The minimum absolute atomic E-state index is 0.140. The van der Waals surface area contributed by atoms with Gasteiger partial charge in [0, 0.05) is 16.3 Å². The minimum atomic E-state index is -3.75. The van der Waals surface area contributed by atoms with Gasteiger partial charge in [-0.3, -0.25) is 9.52 Å². The van der Waals surface area contributed by atoms with Crippen molar-refractivity contribution in [1.29, 1.82) is 0 Å². The molecule has 0 saturated carbocycles. The van der Waals surface area contributed by atoms with Crippen molar-refractivity contribution in [2.75, 3.05) is 4.72 Å². The van der Waals surface area contributed by atoms with Crippen LogP contribution in [-0.4, -0.2) is 26.5 Å². The van der Waals surface area contributed by atoms with Crippen LogP contribution in [0.3, 0.4) is 0 Å². The van der Waals surface area contributed by atoms with Crippen molar-refractivity contribution in [2.24, 2.45) is 5.10 Å². The number of amides is 1. The van der Waals surface area contributed by atoms with Crippen LogP contribution in [-0.2, 0) is 10.0 Å². The summed E-state index contributed by atoms with van der Waals surface area (Å²) >= 11 is 11.9. The van der Waals surface area contributed by atoms with Gasteiger partial charge in [0.05, 0.1) is 21.7 Å². The van der Waals surface area contributed by atoms with E-state index in [2.05, 4.69) is 15.2 Å². The Morgan fingerprint density at radius 3 is 2.18 bits per heavy atom. The average Bonchev–Trinajstić information content (AvgIpc) is 2.90. The van der Waals surface area contributed by atoms with Crippen molar-refractivity contribution in [2.45, 2.75) is 11.8 Å². The van der Waals surface area contributed by atoms with Crippen LogP contribution < -0.4 is 14.9 Å². The van der Waals surface area contributed by atoms with E-state index in [1.807, 2.05) is 6.92 Å². The minimum Gasteiger partial charge on any atom is -0.423 e. The monoisotopic (exact) mass is 581 g/mol. The quantitative estimate of drug-likeness (QED) is 0.113. The second kappa shape index (κ2) is 12.1. The molecule has 4 rings (SSSR count). The highest BCUT2D eigenvalue weighted by Crippen LogP contribution is 2.23. The van der Waals surface area contributed by atoms with Gasteiger partial charge in [-0.1, -0.05) is 40.9 Å². The maximum absolute atomic E-state index is 12.5. The second-order valence-electron chi connectivity index (χ2n) is 8.28. The summed E-state index contributed by atoms with van der Waals surface area (Å²) in [7, 11) is -3.75. The van der Waals surface area contributed by atoms with Crippen LogP contribution in [0.2, 0.25) is 10.0 Å². The molecular weight excluding hydrogens is 561 g/mol. The third-order valence-electron chi connectivity index (χ3n) is 5.35. The number of nitrogens with zero attached hydrogens (tertiary/aromatic N) is 1. The smallest absolute Gasteiger partial charge is 0.345 e.